The second-order valence-electron chi connectivity index (χ2n) is 4.52. The lowest BCUT2D eigenvalue weighted by Crippen LogP contribution is -2.33. The molecule has 0 aliphatic carbocycles. The Hall–Kier alpha value is -0.730. The Morgan fingerprint density at radius 2 is 1.41 bits per heavy atom. The Balaban J connectivity index is 3.94. The van der Waals surface area contributed by atoms with E-state index in [2.05, 4.69) is 13.8 Å². The van der Waals surface area contributed by atoms with Crippen LogP contribution in [0, 0.1) is 0 Å². The van der Waals surface area contributed by atoms with Crippen LogP contribution < -0.4 is 0 Å². The van der Waals surface area contributed by atoms with Gasteiger partial charge >= 0.3 is 6.09 Å². The predicted molar refractivity (Wildman–Crippen MR) is 72.3 cm³/mol. The summed E-state index contributed by atoms with van der Waals surface area (Å²) in [6.07, 6.45) is 7.69. The third kappa shape index (κ3) is 9.02. The van der Waals surface area contributed by atoms with Gasteiger partial charge in [0.25, 0.3) is 0 Å². The van der Waals surface area contributed by atoms with Crippen molar-refractivity contribution in [3.63, 3.8) is 0 Å². The van der Waals surface area contributed by atoms with Crippen molar-refractivity contribution in [2.75, 3.05) is 19.7 Å². The molecule has 0 aromatic carbocycles. The summed E-state index contributed by atoms with van der Waals surface area (Å²) in [5.41, 5.74) is 0. The highest BCUT2D eigenvalue weighted by molar-refractivity contribution is 5.67. The number of amides is 1. The first-order valence-corrected chi connectivity index (χ1v) is 7.17. The maximum atomic E-state index is 11.8. The maximum Gasteiger partial charge on any atom is 0.409 e. The van der Waals surface area contributed by atoms with Crippen molar-refractivity contribution in [2.24, 2.45) is 0 Å². The van der Waals surface area contributed by atoms with E-state index in [0.717, 1.165) is 32.4 Å². The largest absolute Gasteiger partial charge is 0.449 e. The number of hydrogen-bond acceptors (Lipinski definition) is 2. The molecule has 0 aromatic heterocycles. The monoisotopic (exact) mass is 243 g/mol. The molecule has 1 amide bonds. The van der Waals surface area contributed by atoms with Gasteiger partial charge in [0.1, 0.15) is 0 Å². The van der Waals surface area contributed by atoms with Gasteiger partial charge in [-0.1, -0.05) is 46.5 Å². The Bertz CT molecular complexity index is 173. The first-order chi connectivity index (χ1) is 8.26. The molecule has 0 rings (SSSR count). The molecule has 0 fully saturated rings. The molecule has 0 radical (unpaired) electrons. The lowest BCUT2D eigenvalue weighted by Gasteiger charge is -2.21. The van der Waals surface area contributed by atoms with Crippen LogP contribution in [0.2, 0.25) is 0 Å². The van der Waals surface area contributed by atoms with Crippen molar-refractivity contribution >= 4 is 6.09 Å². The second-order valence-corrected chi connectivity index (χ2v) is 4.52. The molecule has 0 aliphatic rings. The molecular formula is C14H29NO2. The Labute approximate surface area is 107 Å². The molecule has 0 aromatic rings. The van der Waals surface area contributed by atoms with Crippen molar-refractivity contribution in [2.45, 2.75) is 65.7 Å². The van der Waals surface area contributed by atoms with E-state index in [1.165, 1.54) is 25.7 Å². The molecule has 0 spiro atoms. The second kappa shape index (κ2) is 11.7. The van der Waals surface area contributed by atoms with Crippen molar-refractivity contribution in [3.8, 4) is 0 Å². The minimum Gasteiger partial charge on any atom is -0.449 e. The highest BCUT2D eigenvalue weighted by atomic mass is 16.6. The summed E-state index contributed by atoms with van der Waals surface area (Å²) in [6, 6.07) is 0. The molecule has 0 N–H and O–H groups in total. The number of ether oxygens (including phenoxy) is 1. The quantitative estimate of drug-likeness (QED) is 0.538. The van der Waals surface area contributed by atoms with Gasteiger partial charge in [-0.05, 0) is 19.3 Å². The number of carbonyl (C=O) groups excluding carboxylic acids is 1. The van der Waals surface area contributed by atoms with Crippen LogP contribution in [0.4, 0.5) is 4.79 Å². The van der Waals surface area contributed by atoms with Crippen molar-refractivity contribution in [1.82, 2.24) is 4.90 Å². The molecule has 3 nitrogen and oxygen atoms in total. The first kappa shape index (κ1) is 16.3. The Morgan fingerprint density at radius 1 is 0.882 bits per heavy atom. The van der Waals surface area contributed by atoms with E-state index in [1.807, 2.05) is 11.8 Å². The molecule has 0 saturated heterocycles. The maximum absolute atomic E-state index is 11.8. The van der Waals surface area contributed by atoms with Crippen LogP contribution in [0.25, 0.3) is 0 Å². The van der Waals surface area contributed by atoms with Gasteiger partial charge in [0.15, 0.2) is 0 Å². The fourth-order valence-electron chi connectivity index (χ4n) is 1.68. The van der Waals surface area contributed by atoms with E-state index in [0.29, 0.717) is 6.61 Å². The van der Waals surface area contributed by atoms with Gasteiger partial charge in [-0.3, -0.25) is 0 Å². The van der Waals surface area contributed by atoms with Gasteiger partial charge in [-0.15, -0.1) is 0 Å². The summed E-state index contributed by atoms with van der Waals surface area (Å²) >= 11 is 0. The highest BCUT2D eigenvalue weighted by Gasteiger charge is 2.13. The van der Waals surface area contributed by atoms with Gasteiger partial charge in [0.2, 0.25) is 0 Å². The molecular weight excluding hydrogens is 214 g/mol. The van der Waals surface area contributed by atoms with Crippen LogP contribution in [-0.4, -0.2) is 30.7 Å². The summed E-state index contributed by atoms with van der Waals surface area (Å²) in [4.78, 5) is 13.7. The van der Waals surface area contributed by atoms with Crippen molar-refractivity contribution in [3.05, 3.63) is 0 Å². The molecule has 0 unspecified atom stereocenters. The van der Waals surface area contributed by atoms with Gasteiger partial charge in [0.05, 0.1) is 6.61 Å². The summed E-state index contributed by atoms with van der Waals surface area (Å²) in [7, 11) is 0. The Kier molecular flexibility index (Phi) is 11.2. The van der Waals surface area contributed by atoms with Crippen LogP contribution in [0.3, 0.4) is 0 Å². The van der Waals surface area contributed by atoms with E-state index in [-0.39, 0.29) is 6.09 Å². The minimum atomic E-state index is -0.126. The SMILES string of the molecule is CCCCCN(CCCCC)C(=O)OCCC. The molecule has 102 valence electrons. The summed E-state index contributed by atoms with van der Waals surface area (Å²) in [5.74, 6) is 0. The van der Waals surface area contributed by atoms with Crippen LogP contribution in [0.15, 0.2) is 0 Å². The lowest BCUT2D eigenvalue weighted by molar-refractivity contribution is 0.101. The molecule has 0 atom stereocenters. The lowest BCUT2D eigenvalue weighted by atomic mass is 10.2. The van der Waals surface area contributed by atoms with Crippen molar-refractivity contribution < 1.29 is 9.53 Å². The number of nitrogens with zero attached hydrogens (tertiary/aromatic N) is 1. The standard InChI is InChI=1S/C14H29NO2/c1-4-7-9-11-15(12-10-8-5-2)14(16)17-13-6-3/h4-13H2,1-3H3. The topological polar surface area (TPSA) is 29.5 Å². The summed E-state index contributed by atoms with van der Waals surface area (Å²) < 4.78 is 5.20. The van der Waals surface area contributed by atoms with Crippen LogP contribution in [0.5, 0.6) is 0 Å². The average molecular weight is 243 g/mol. The van der Waals surface area contributed by atoms with Gasteiger partial charge in [-0.2, -0.15) is 0 Å². The predicted octanol–water partition coefficient (Wildman–Crippen LogP) is 4.22. The zero-order valence-corrected chi connectivity index (χ0v) is 11.8. The number of carbonyl (C=O) groups is 1. The smallest absolute Gasteiger partial charge is 0.409 e. The van der Waals surface area contributed by atoms with Crippen LogP contribution in [0.1, 0.15) is 65.7 Å². The van der Waals surface area contributed by atoms with Gasteiger partial charge < -0.3 is 9.64 Å². The van der Waals surface area contributed by atoms with E-state index < -0.39 is 0 Å². The van der Waals surface area contributed by atoms with E-state index >= 15 is 0 Å². The molecule has 3 heteroatoms. The van der Waals surface area contributed by atoms with E-state index in [4.69, 9.17) is 4.74 Å². The van der Waals surface area contributed by atoms with Crippen molar-refractivity contribution in [1.29, 1.82) is 0 Å². The average Bonchev–Trinajstić information content (AvgIpc) is 2.34. The van der Waals surface area contributed by atoms with Crippen LogP contribution >= 0.6 is 0 Å². The molecule has 0 saturated carbocycles. The van der Waals surface area contributed by atoms with Crippen LogP contribution in [-0.2, 0) is 4.74 Å². The number of hydrogen-bond donors (Lipinski definition) is 0. The fourth-order valence-corrected chi connectivity index (χ4v) is 1.68. The first-order valence-electron chi connectivity index (χ1n) is 7.17. The van der Waals surface area contributed by atoms with E-state index in [9.17, 15) is 4.79 Å². The molecule has 17 heavy (non-hydrogen) atoms. The molecule has 0 bridgehead atoms. The third-order valence-electron chi connectivity index (χ3n) is 2.75. The minimum absolute atomic E-state index is 0.126. The zero-order chi connectivity index (χ0) is 12.9. The highest BCUT2D eigenvalue weighted by Crippen LogP contribution is 2.05. The zero-order valence-electron chi connectivity index (χ0n) is 11.8. The number of unbranched alkanes of at least 4 members (excludes halogenated alkanes) is 4. The fraction of sp³-hybridized carbons (Fsp3) is 0.929. The van der Waals surface area contributed by atoms with E-state index in [1.54, 1.807) is 0 Å². The van der Waals surface area contributed by atoms with Gasteiger partial charge in [0, 0.05) is 13.1 Å². The summed E-state index contributed by atoms with van der Waals surface area (Å²) in [6.45, 7) is 8.61. The Morgan fingerprint density at radius 3 is 1.82 bits per heavy atom. The molecule has 0 aliphatic heterocycles. The molecule has 0 heterocycles. The summed E-state index contributed by atoms with van der Waals surface area (Å²) in [5, 5.41) is 0. The normalized spacial score (nSPS) is 10.3. The van der Waals surface area contributed by atoms with Gasteiger partial charge in [-0.25, -0.2) is 4.79 Å². The number of rotatable bonds is 10. The third-order valence-corrected chi connectivity index (χ3v) is 2.75.